The minimum absolute atomic E-state index is 0.00463. The van der Waals surface area contributed by atoms with E-state index in [9.17, 15) is 4.79 Å². The minimum Gasteiger partial charge on any atom is -0.384 e. The van der Waals surface area contributed by atoms with Crippen LogP contribution in [0.4, 0.5) is 5.69 Å². The third-order valence-corrected chi connectivity index (χ3v) is 3.00. The van der Waals surface area contributed by atoms with E-state index in [-0.39, 0.29) is 17.9 Å². The molecule has 21 heavy (non-hydrogen) atoms. The number of para-hydroxylation sites is 1. The van der Waals surface area contributed by atoms with Gasteiger partial charge in [0.25, 0.3) is 0 Å². The van der Waals surface area contributed by atoms with Gasteiger partial charge in [0.1, 0.15) is 6.61 Å². The van der Waals surface area contributed by atoms with Crippen LogP contribution in [0.15, 0.2) is 24.3 Å². The molecule has 1 rings (SSSR count). The molecule has 2 N–H and O–H groups in total. The van der Waals surface area contributed by atoms with Crippen LogP contribution in [0.2, 0.25) is 0 Å². The Kier molecular flexibility index (Phi) is 6.45. The van der Waals surface area contributed by atoms with Gasteiger partial charge >= 0.3 is 0 Å². The summed E-state index contributed by atoms with van der Waals surface area (Å²) >= 11 is 0. The Bertz CT molecular complexity index is 532. The van der Waals surface area contributed by atoms with E-state index in [1.54, 1.807) is 0 Å². The summed E-state index contributed by atoms with van der Waals surface area (Å²) in [6.45, 7) is 8.46. The molecule has 1 amide bonds. The molecular formula is C18H25NO2. The number of amides is 1. The van der Waals surface area contributed by atoms with Crippen molar-refractivity contribution >= 4 is 11.6 Å². The van der Waals surface area contributed by atoms with Crippen LogP contribution in [0.1, 0.15) is 46.1 Å². The Hall–Kier alpha value is -1.79. The summed E-state index contributed by atoms with van der Waals surface area (Å²) in [6, 6.07) is 7.38. The van der Waals surface area contributed by atoms with Crippen molar-refractivity contribution < 1.29 is 9.90 Å². The molecule has 3 nitrogen and oxygen atoms in total. The van der Waals surface area contributed by atoms with Gasteiger partial charge in [-0.05, 0) is 29.9 Å². The molecular weight excluding hydrogens is 262 g/mol. The lowest BCUT2D eigenvalue weighted by Crippen LogP contribution is -2.19. The molecule has 1 aromatic rings. The highest BCUT2D eigenvalue weighted by Gasteiger charge is 2.18. The van der Waals surface area contributed by atoms with Gasteiger partial charge in [0.15, 0.2) is 0 Å². The van der Waals surface area contributed by atoms with Gasteiger partial charge in [-0.2, -0.15) is 0 Å². The summed E-state index contributed by atoms with van der Waals surface area (Å²) < 4.78 is 0. The van der Waals surface area contributed by atoms with Gasteiger partial charge in [0.2, 0.25) is 5.91 Å². The monoisotopic (exact) mass is 287 g/mol. The first-order valence-corrected chi connectivity index (χ1v) is 7.30. The van der Waals surface area contributed by atoms with Crippen LogP contribution in [-0.2, 0) is 4.79 Å². The van der Waals surface area contributed by atoms with Crippen LogP contribution in [0.25, 0.3) is 0 Å². The smallest absolute Gasteiger partial charge is 0.224 e. The Morgan fingerprint density at radius 1 is 1.33 bits per heavy atom. The van der Waals surface area contributed by atoms with Crippen LogP contribution in [0.5, 0.6) is 0 Å². The van der Waals surface area contributed by atoms with E-state index in [1.807, 2.05) is 24.3 Å². The predicted molar refractivity (Wildman–Crippen MR) is 86.9 cm³/mol. The number of benzene rings is 1. The number of anilines is 1. The van der Waals surface area contributed by atoms with Crippen molar-refractivity contribution in [2.24, 2.45) is 11.3 Å². The maximum atomic E-state index is 12.1. The van der Waals surface area contributed by atoms with E-state index in [0.717, 1.165) is 12.0 Å². The molecule has 1 aromatic carbocycles. The van der Waals surface area contributed by atoms with Gasteiger partial charge in [0.05, 0.1) is 5.69 Å². The molecule has 3 heteroatoms. The number of aliphatic hydroxyl groups excluding tert-OH is 1. The fourth-order valence-electron chi connectivity index (χ4n) is 2.47. The number of hydrogen-bond donors (Lipinski definition) is 2. The SMILES string of the molecule is CC(CC(=O)Nc1ccccc1C#CCO)CC(C)(C)C. The molecule has 0 aliphatic carbocycles. The highest BCUT2D eigenvalue weighted by atomic mass is 16.2. The van der Waals surface area contributed by atoms with E-state index in [4.69, 9.17) is 5.11 Å². The third kappa shape index (κ3) is 6.97. The average Bonchev–Trinajstić information content (AvgIpc) is 2.35. The lowest BCUT2D eigenvalue weighted by atomic mass is 9.84. The third-order valence-electron chi connectivity index (χ3n) is 3.00. The van der Waals surface area contributed by atoms with E-state index in [1.165, 1.54) is 0 Å². The lowest BCUT2D eigenvalue weighted by molar-refractivity contribution is -0.117. The number of carbonyl (C=O) groups is 1. The largest absolute Gasteiger partial charge is 0.384 e. The number of aliphatic hydroxyl groups is 1. The van der Waals surface area contributed by atoms with Crippen LogP contribution in [0, 0.1) is 23.2 Å². The summed E-state index contributed by atoms with van der Waals surface area (Å²) in [5.41, 5.74) is 1.65. The van der Waals surface area contributed by atoms with Crippen molar-refractivity contribution in [2.45, 2.75) is 40.5 Å². The van der Waals surface area contributed by atoms with E-state index in [2.05, 4.69) is 44.9 Å². The van der Waals surface area contributed by atoms with E-state index < -0.39 is 0 Å². The minimum atomic E-state index is -0.190. The maximum Gasteiger partial charge on any atom is 0.224 e. The van der Waals surface area contributed by atoms with Crippen LogP contribution in [0.3, 0.4) is 0 Å². The molecule has 0 spiro atoms. The second kappa shape index (κ2) is 7.85. The fraction of sp³-hybridized carbons (Fsp3) is 0.500. The molecule has 1 atom stereocenters. The molecule has 114 valence electrons. The Labute approximate surface area is 127 Å². The van der Waals surface area contributed by atoms with Crippen molar-refractivity contribution in [1.82, 2.24) is 0 Å². The zero-order valence-corrected chi connectivity index (χ0v) is 13.4. The summed E-state index contributed by atoms with van der Waals surface area (Å²) in [7, 11) is 0. The number of rotatable bonds is 4. The van der Waals surface area contributed by atoms with E-state index >= 15 is 0 Å². The van der Waals surface area contributed by atoms with Crippen LogP contribution >= 0.6 is 0 Å². The van der Waals surface area contributed by atoms with Gasteiger partial charge in [0, 0.05) is 12.0 Å². The highest BCUT2D eigenvalue weighted by molar-refractivity contribution is 5.92. The van der Waals surface area contributed by atoms with Crippen molar-refractivity contribution in [3.05, 3.63) is 29.8 Å². The normalized spacial score (nSPS) is 12.2. The lowest BCUT2D eigenvalue weighted by Gasteiger charge is -2.22. The Morgan fingerprint density at radius 2 is 2.00 bits per heavy atom. The number of carbonyl (C=O) groups excluding carboxylic acids is 1. The predicted octanol–water partition coefficient (Wildman–Crippen LogP) is 3.43. The van der Waals surface area contributed by atoms with Gasteiger partial charge < -0.3 is 10.4 Å². The Balaban J connectivity index is 2.67. The number of hydrogen-bond acceptors (Lipinski definition) is 2. The summed E-state index contributed by atoms with van der Waals surface area (Å²) in [4.78, 5) is 12.1. The molecule has 0 saturated heterocycles. The quantitative estimate of drug-likeness (QED) is 0.834. The molecule has 0 radical (unpaired) electrons. The first kappa shape index (κ1) is 17.3. The summed E-state index contributed by atoms with van der Waals surface area (Å²) in [5.74, 6) is 5.79. The fourth-order valence-corrected chi connectivity index (χ4v) is 2.47. The molecule has 0 fully saturated rings. The van der Waals surface area contributed by atoms with Crippen molar-refractivity contribution in [1.29, 1.82) is 0 Å². The molecule has 1 unspecified atom stereocenters. The second-order valence-corrected chi connectivity index (χ2v) is 6.63. The molecule has 0 bridgehead atoms. The topological polar surface area (TPSA) is 49.3 Å². The van der Waals surface area contributed by atoms with Crippen LogP contribution in [-0.4, -0.2) is 17.6 Å². The molecule has 0 aromatic heterocycles. The maximum absolute atomic E-state index is 12.1. The van der Waals surface area contributed by atoms with Gasteiger partial charge in [-0.1, -0.05) is 51.7 Å². The van der Waals surface area contributed by atoms with Gasteiger partial charge in [-0.15, -0.1) is 0 Å². The molecule has 0 saturated carbocycles. The summed E-state index contributed by atoms with van der Waals surface area (Å²) in [6.07, 6.45) is 1.51. The summed E-state index contributed by atoms with van der Waals surface area (Å²) in [5, 5.41) is 11.7. The molecule has 0 heterocycles. The zero-order chi connectivity index (χ0) is 15.9. The first-order valence-electron chi connectivity index (χ1n) is 7.30. The van der Waals surface area contributed by atoms with Crippen LogP contribution < -0.4 is 5.32 Å². The number of nitrogens with one attached hydrogen (secondary N) is 1. The molecule has 0 aliphatic heterocycles. The van der Waals surface area contributed by atoms with Crippen molar-refractivity contribution in [3.8, 4) is 11.8 Å². The first-order chi connectivity index (χ1) is 9.81. The average molecular weight is 287 g/mol. The van der Waals surface area contributed by atoms with E-state index in [0.29, 0.717) is 18.0 Å². The van der Waals surface area contributed by atoms with Crippen molar-refractivity contribution in [2.75, 3.05) is 11.9 Å². The van der Waals surface area contributed by atoms with Crippen molar-refractivity contribution in [3.63, 3.8) is 0 Å². The van der Waals surface area contributed by atoms with Gasteiger partial charge in [-0.3, -0.25) is 4.79 Å². The molecule has 0 aliphatic rings. The second-order valence-electron chi connectivity index (χ2n) is 6.63. The highest BCUT2D eigenvalue weighted by Crippen LogP contribution is 2.26. The zero-order valence-electron chi connectivity index (χ0n) is 13.4. The van der Waals surface area contributed by atoms with Gasteiger partial charge in [-0.25, -0.2) is 0 Å². The Morgan fingerprint density at radius 3 is 2.62 bits per heavy atom. The standard InChI is InChI=1S/C18H25NO2/c1-14(13-18(2,3)4)12-17(21)19-16-10-6-5-8-15(16)9-7-11-20/h5-6,8,10,14,20H,11-13H2,1-4H3,(H,19,21).